The summed E-state index contributed by atoms with van der Waals surface area (Å²) in [6, 6.07) is 7.16. The number of carboxylic acids is 1. The minimum Gasteiger partial charge on any atom is -0.505 e. The second-order valence-electron chi connectivity index (χ2n) is 4.19. The van der Waals surface area contributed by atoms with Gasteiger partial charge in [-0.15, -0.1) is 0 Å². The van der Waals surface area contributed by atoms with Gasteiger partial charge in [-0.05, 0) is 37.1 Å². The fourth-order valence-electron chi connectivity index (χ4n) is 1.68. The summed E-state index contributed by atoms with van der Waals surface area (Å²) in [4.78, 5) is 15.0. The highest BCUT2D eigenvalue weighted by Gasteiger charge is 2.12. The van der Waals surface area contributed by atoms with E-state index in [0.29, 0.717) is 5.69 Å². The number of hydrogen-bond acceptors (Lipinski definition) is 3. The maximum absolute atomic E-state index is 10.9. The standard InChI is InChI=1S/C14H13NO3/c1-8-3-4-10(5-9(8)2)12-6-11(14(17)18)13(16)7-15-12/h3-7,16H,1-2H3,(H,17,18). The van der Waals surface area contributed by atoms with Crippen LogP contribution in [0.3, 0.4) is 0 Å². The molecule has 0 aliphatic heterocycles. The molecule has 0 radical (unpaired) electrons. The Kier molecular flexibility index (Phi) is 3.02. The van der Waals surface area contributed by atoms with Crippen LogP contribution in [0.2, 0.25) is 0 Å². The van der Waals surface area contributed by atoms with Gasteiger partial charge in [0, 0.05) is 5.56 Å². The highest BCUT2D eigenvalue weighted by Crippen LogP contribution is 2.24. The summed E-state index contributed by atoms with van der Waals surface area (Å²) in [5, 5.41) is 18.4. The molecule has 0 unspecified atom stereocenters. The summed E-state index contributed by atoms with van der Waals surface area (Å²) in [5.41, 5.74) is 3.50. The number of carbonyl (C=O) groups is 1. The Morgan fingerprint density at radius 2 is 1.89 bits per heavy atom. The smallest absolute Gasteiger partial charge is 0.339 e. The summed E-state index contributed by atoms with van der Waals surface area (Å²) >= 11 is 0. The zero-order valence-corrected chi connectivity index (χ0v) is 10.1. The molecule has 4 nitrogen and oxygen atoms in total. The molecule has 4 heteroatoms. The van der Waals surface area contributed by atoms with Crippen molar-refractivity contribution in [1.82, 2.24) is 4.98 Å². The van der Waals surface area contributed by atoms with Gasteiger partial charge in [0.2, 0.25) is 0 Å². The van der Waals surface area contributed by atoms with E-state index in [1.54, 1.807) is 0 Å². The predicted octanol–water partition coefficient (Wildman–Crippen LogP) is 2.77. The first-order valence-corrected chi connectivity index (χ1v) is 5.49. The first kappa shape index (κ1) is 12.1. The monoisotopic (exact) mass is 243 g/mol. The Morgan fingerprint density at radius 3 is 2.50 bits per heavy atom. The van der Waals surface area contributed by atoms with Crippen LogP contribution < -0.4 is 0 Å². The average molecular weight is 243 g/mol. The van der Waals surface area contributed by atoms with Gasteiger partial charge in [0.15, 0.2) is 0 Å². The largest absolute Gasteiger partial charge is 0.505 e. The molecular formula is C14H13NO3. The first-order valence-electron chi connectivity index (χ1n) is 5.49. The van der Waals surface area contributed by atoms with E-state index in [1.807, 2.05) is 32.0 Å². The summed E-state index contributed by atoms with van der Waals surface area (Å²) in [5.74, 6) is -1.49. The van der Waals surface area contributed by atoms with Gasteiger partial charge in [0.05, 0.1) is 11.9 Å². The number of benzene rings is 1. The van der Waals surface area contributed by atoms with Gasteiger partial charge in [-0.2, -0.15) is 0 Å². The maximum Gasteiger partial charge on any atom is 0.339 e. The van der Waals surface area contributed by atoms with Crippen molar-refractivity contribution in [2.45, 2.75) is 13.8 Å². The van der Waals surface area contributed by atoms with Crippen molar-refractivity contribution in [3.05, 3.63) is 47.2 Å². The second kappa shape index (κ2) is 4.49. The van der Waals surface area contributed by atoms with Crippen LogP contribution in [0.25, 0.3) is 11.3 Å². The summed E-state index contributed by atoms with van der Waals surface area (Å²) in [7, 11) is 0. The fraction of sp³-hybridized carbons (Fsp3) is 0.143. The molecule has 2 N–H and O–H groups in total. The normalized spacial score (nSPS) is 10.3. The van der Waals surface area contributed by atoms with Crippen molar-refractivity contribution in [1.29, 1.82) is 0 Å². The van der Waals surface area contributed by atoms with E-state index in [9.17, 15) is 9.90 Å². The highest BCUT2D eigenvalue weighted by molar-refractivity contribution is 5.91. The molecule has 1 aromatic heterocycles. The fourth-order valence-corrected chi connectivity index (χ4v) is 1.68. The Hall–Kier alpha value is -2.36. The number of carboxylic acid groups (broad SMARTS) is 1. The number of nitrogens with zero attached hydrogens (tertiary/aromatic N) is 1. The van der Waals surface area contributed by atoms with Crippen molar-refractivity contribution in [2.24, 2.45) is 0 Å². The average Bonchev–Trinajstić information content (AvgIpc) is 2.33. The molecule has 1 heterocycles. The highest BCUT2D eigenvalue weighted by atomic mass is 16.4. The lowest BCUT2D eigenvalue weighted by atomic mass is 10.0. The van der Waals surface area contributed by atoms with E-state index in [2.05, 4.69) is 4.98 Å². The molecule has 18 heavy (non-hydrogen) atoms. The molecule has 0 saturated carbocycles. The van der Waals surface area contributed by atoms with Crippen LogP contribution in [0.4, 0.5) is 0 Å². The number of aryl methyl sites for hydroxylation is 2. The molecule has 0 aliphatic rings. The molecular weight excluding hydrogens is 230 g/mol. The summed E-state index contributed by atoms with van der Waals surface area (Å²) in [6.07, 6.45) is 1.16. The summed E-state index contributed by atoms with van der Waals surface area (Å²) in [6.45, 7) is 3.99. The lowest BCUT2D eigenvalue weighted by molar-refractivity contribution is 0.0693. The van der Waals surface area contributed by atoms with Gasteiger partial charge in [0.25, 0.3) is 0 Å². The first-order chi connectivity index (χ1) is 8.49. The van der Waals surface area contributed by atoms with Crippen molar-refractivity contribution < 1.29 is 15.0 Å². The van der Waals surface area contributed by atoms with E-state index in [1.165, 1.54) is 6.07 Å². The SMILES string of the molecule is Cc1ccc(-c2cc(C(=O)O)c(O)cn2)cc1C. The third-order valence-corrected chi connectivity index (χ3v) is 2.92. The van der Waals surface area contributed by atoms with Gasteiger partial charge in [0.1, 0.15) is 11.3 Å². The molecule has 0 bridgehead atoms. The molecule has 0 aliphatic carbocycles. The molecule has 0 spiro atoms. The van der Waals surface area contributed by atoms with Crippen molar-refractivity contribution in [2.75, 3.05) is 0 Å². The van der Waals surface area contributed by atoms with Crippen molar-refractivity contribution in [3.8, 4) is 17.0 Å². The van der Waals surface area contributed by atoms with Crippen molar-refractivity contribution in [3.63, 3.8) is 0 Å². The Bertz CT molecular complexity index is 620. The van der Waals surface area contributed by atoms with Crippen LogP contribution in [-0.4, -0.2) is 21.2 Å². The van der Waals surface area contributed by atoms with E-state index < -0.39 is 5.97 Å². The second-order valence-corrected chi connectivity index (χ2v) is 4.19. The topological polar surface area (TPSA) is 70.4 Å². The Morgan fingerprint density at radius 1 is 1.17 bits per heavy atom. The number of aromatic hydroxyl groups is 1. The van der Waals surface area contributed by atoms with Crippen molar-refractivity contribution >= 4 is 5.97 Å². The van der Waals surface area contributed by atoms with Gasteiger partial charge in [-0.25, -0.2) is 4.79 Å². The predicted molar refractivity (Wildman–Crippen MR) is 67.8 cm³/mol. The zero-order chi connectivity index (χ0) is 13.3. The zero-order valence-electron chi connectivity index (χ0n) is 10.1. The third-order valence-electron chi connectivity index (χ3n) is 2.92. The van der Waals surface area contributed by atoms with E-state index in [0.717, 1.165) is 22.9 Å². The number of rotatable bonds is 2. The van der Waals surface area contributed by atoms with Gasteiger partial charge >= 0.3 is 5.97 Å². The quantitative estimate of drug-likeness (QED) is 0.850. The van der Waals surface area contributed by atoms with Gasteiger partial charge < -0.3 is 10.2 Å². The van der Waals surface area contributed by atoms with Crippen LogP contribution >= 0.6 is 0 Å². The number of pyridine rings is 1. The Labute approximate surface area is 105 Å². The number of aromatic nitrogens is 1. The molecule has 2 rings (SSSR count). The van der Waals surface area contributed by atoms with Crippen LogP contribution in [-0.2, 0) is 0 Å². The number of aromatic carboxylic acids is 1. The maximum atomic E-state index is 10.9. The molecule has 0 saturated heterocycles. The van der Waals surface area contributed by atoms with E-state index in [4.69, 9.17) is 5.11 Å². The molecule has 92 valence electrons. The van der Waals surface area contributed by atoms with Crippen LogP contribution in [0.1, 0.15) is 21.5 Å². The third kappa shape index (κ3) is 2.18. The number of hydrogen-bond donors (Lipinski definition) is 2. The molecule has 2 aromatic rings. The molecule has 0 atom stereocenters. The van der Waals surface area contributed by atoms with E-state index in [-0.39, 0.29) is 11.3 Å². The van der Waals surface area contributed by atoms with Gasteiger partial charge in [-0.1, -0.05) is 12.1 Å². The lowest BCUT2D eigenvalue weighted by Gasteiger charge is -2.06. The molecule has 1 aromatic carbocycles. The minimum atomic E-state index is -1.17. The molecule has 0 amide bonds. The lowest BCUT2D eigenvalue weighted by Crippen LogP contribution is -1.98. The van der Waals surface area contributed by atoms with Crippen LogP contribution in [0.15, 0.2) is 30.5 Å². The summed E-state index contributed by atoms with van der Waals surface area (Å²) < 4.78 is 0. The Balaban J connectivity index is 2.54. The van der Waals surface area contributed by atoms with Crippen LogP contribution in [0, 0.1) is 13.8 Å². The van der Waals surface area contributed by atoms with Gasteiger partial charge in [-0.3, -0.25) is 4.98 Å². The minimum absolute atomic E-state index is 0.141. The molecule has 0 fully saturated rings. The van der Waals surface area contributed by atoms with Crippen LogP contribution in [0.5, 0.6) is 5.75 Å². The van der Waals surface area contributed by atoms with E-state index >= 15 is 0 Å².